The van der Waals surface area contributed by atoms with Crippen molar-refractivity contribution in [2.45, 2.75) is 39.5 Å². The van der Waals surface area contributed by atoms with Crippen molar-refractivity contribution >= 4 is 29.4 Å². The van der Waals surface area contributed by atoms with E-state index in [1.54, 1.807) is 12.1 Å². The number of amides is 3. The zero-order valence-corrected chi connectivity index (χ0v) is 16.6. The Balaban J connectivity index is 2.06. The summed E-state index contributed by atoms with van der Waals surface area (Å²) in [4.78, 5) is 47.9. The number of ether oxygens (including phenoxy) is 1. The highest BCUT2D eigenvalue weighted by Crippen LogP contribution is 2.43. The Hall–Kier alpha value is -2.74. The predicted molar refractivity (Wildman–Crippen MR) is 102 cm³/mol. The number of nitrogens with one attached hydrogen (secondary N) is 1. The van der Waals surface area contributed by atoms with Crippen molar-refractivity contribution in [2.24, 2.45) is 5.41 Å². The molecular weight excluding hydrogens is 364 g/mol. The Morgan fingerprint density at radius 3 is 2.18 bits per heavy atom. The van der Waals surface area contributed by atoms with Gasteiger partial charge in [0.05, 0.1) is 5.41 Å². The van der Waals surface area contributed by atoms with E-state index in [2.05, 4.69) is 5.32 Å². The van der Waals surface area contributed by atoms with E-state index in [-0.39, 0.29) is 18.4 Å². The molecular formula is C20H26N2O6. The summed E-state index contributed by atoms with van der Waals surface area (Å²) in [7, 11) is 0. The van der Waals surface area contributed by atoms with Gasteiger partial charge in [0.25, 0.3) is 0 Å². The second kappa shape index (κ2) is 8.10. The molecule has 2 N–H and O–H groups in total. The normalized spacial score (nSPS) is 14.4. The van der Waals surface area contributed by atoms with Crippen LogP contribution >= 0.6 is 0 Å². The van der Waals surface area contributed by atoms with Crippen LogP contribution in [0.5, 0.6) is 0 Å². The number of carbonyl (C=O) groups excluding carboxylic acids is 3. The van der Waals surface area contributed by atoms with E-state index in [9.17, 15) is 19.2 Å². The van der Waals surface area contributed by atoms with Gasteiger partial charge in [-0.2, -0.15) is 0 Å². The van der Waals surface area contributed by atoms with Crippen LogP contribution in [-0.2, 0) is 29.3 Å². The van der Waals surface area contributed by atoms with Gasteiger partial charge in [-0.25, -0.2) is 4.79 Å². The van der Waals surface area contributed by atoms with Crippen LogP contribution in [0.3, 0.4) is 0 Å². The minimum absolute atomic E-state index is 0.142. The molecule has 1 aliphatic heterocycles. The molecule has 1 aromatic carbocycles. The number of likely N-dealkylation sites (tertiary alicyclic amines) is 1. The lowest BCUT2D eigenvalue weighted by Crippen LogP contribution is -2.57. The summed E-state index contributed by atoms with van der Waals surface area (Å²) in [6, 6.07) is 7.06. The van der Waals surface area contributed by atoms with Crippen LogP contribution in [0.1, 0.15) is 39.7 Å². The van der Waals surface area contributed by atoms with Crippen molar-refractivity contribution in [1.29, 1.82) is 0 Å². The molecule has 0 bridgehead atoms. The van der Waals surface area contributed by atoms with Crippen molar-refractivity contribution in [3.8, 4) is 0 Å². The highest BCUT2D eigenvalue weighted by atomic mass is 16.5. The molecule has 8 heteroatoms. The molecule has 8 nitrogen and oxygen atoms in total. The molecule has 1 saturated heterocycles. The average Bonchev–Trinajstić information content (AvgIpc) is 2.60. The second-order valence-electron chi connectivity index (χ2n) is 7.86. The average molecular weight is 390 g/mol. The highest BCUT2D eigenvalue weighted by Gasteiger charge is 2.48. The molecule has 1 fully saturated rings. The summed E-state index contributed by atoms with van der Waals surface area (Å²) >= 11 is 0. The van der Waals surface area contributed by atoms with E-state index in [0.717, 1.165) is 5.56 Å². The number of nitrogens with zero attached hydrogens (tertiary/aromatic N) is 1. The molecule has 0 atom stereocenters. The lowest BCUT2D eigenvalue weighted by molar-refractivity contribution is -0.160. The number of imide groups is 1. The number of carboxylic acid groups (broad SMARTS) is 1. The molecule has 1 aliphatic rings. The lowest BCUT2D eigenvalue weighted by Gasteiger charge is -2.45. The summed E-state index contributed by atoms with van der Waals surface area (Å²) in [5, 5.41) is 11.1. The maximum Gasteiger partial charge on any atom is 0.329 e. The Morgan fingerprint density at radius 2 is 1.71 bits per heavy atom. The molecule has 152 valence electrons. The molecule has 0 aromatic heterocycles. The SMILES string of the molecule is CC(C)(C(=O)N1CCC1=O)C(C)(C)c1ccc(NC(=O)COCC(=O)O)cc1. The Kier molecular flexibility index (Phi) is 6.23. The van der Waals surface area contributed by atoms with Crippen molar-refractivity contribution < 1.29 is 29.0 Å². The monoisotopic (exact) mass is 390 g/mol. The molecule has 28 heavy (non-hydrogen) atoms. The van der Waals surface area contributed by atoms with E-state index in [1.165, 1.54) is 4.90 Å². The number of anilines is 1. The van der Waals surface area contributed by atoms with E-state index in [1.807, 2.05) is 39.8 Å². The van der Waals surface area contributed by atoms with Crippen LogP contribution in [0, 0.1) is 5.41 Å². The van der Waals surface area contributed by atoms with Crippen molar-refractivity contribution in [2.75, 3.05) is 25.1 Å². The van der Waals surface area contributed by atoms with E-state index in [0.29, 0.717) is 18.7 Å². The lowest BCUT2D eigenvalue weighted by atomic mass is 9.63. The van der Waals surface area contributed by atoms with Crippen LogP contribution in [0.4, 0.5) is 5.69 Å². The fraction of sp³-hybridized carbons (Fsp3) is 0.500. The first-order valence-corrected chi connectivity index (χ1v) is 9.01. The van der Waals surface area contributed by atoms with Crippen molar-refractivity contribution in [3.05, 3.63) is 29.8 Å². The van der Waals surface area contributed by atoms with E-state index in [4.69, 9.17) is 9.84 Å². The van der Waals surface area contributed by atoms with Crippen molar-refractivity contribution in [1.82, 2.24) is 4.90 Å². The molecule has 0 radical (unpaired) electrons. The first-order chi connectivity index (χ1) is 13.0. The van der Waals surface area contributed by atoms with Gasteiger partial charge in [-0.1, -0.05) is 39.8 Å². The fourth-order valence-corrected chi connectivity index (χ4v) is 2.89. The van der Waals surface area contributed by atoms with Gasteiger partial charge in [-0.3, -0.25) is 19.3 Å². The number of carboxylic acids is 1. The number of hydrogen-bond acceptors (Lipinski definition) is 5. The third kappa shape index (κ3) is 4.39. The van der Waals surface area contributed by atoms with Crippen LogP contribution in [0.25, 0.3) is 0 Å². The van der Waals surface area contributed by atoms with Gasteiger partial charge in [0.15, 0.2) is 0 Å². The highest BCUT2D eigenvalue weighted by molar-refractivity contribution is 6.02. The topological polar surface area (TPSA) is 113 Å². The molecule has 0 aliphatic carbocycles. The molecule has 0 spiro atoms. The van der Waals surface area contributed by atoms with Gasteiger partial charge in [0.2, 0.25) is 17.7 Å². The van der Waals surface area contributed by atoms with Crippen molar-refractivity contribution in [3.63, 3.8) is 0 Å². The number of carbonyl (C=O) groups is 4. The molecule has 0 saturated carbocycles. The van der Waals surface area contributed by atoms with E-state index < -0.39 is 29.3 Å². The summed E-state index contributed by atoms with van der Waals surface area (Å²) in [6.45, 7) is 7.12. The summed E-state index contributed by atoms with van der Waals surface area (Å²) in [5.41, 5.74) is 0.0514. The summed E-state index contributed by atoms with van der Waals surface area (Å²) < 4.78 is 4.74. The minimum Gasteiger partial charge on any atom is -0.480 e. The second-order valence-corrected chi connectivity index (χ2v) is 7.86. The fourth-order valence-electron chi connectivity index (χ4n) is 2.89. The molecule has 1 heterocycles. The van der Waals surface area contributed by atoms with Gasteiger partial charge >= 0.3 is 5.97 Å². The first kappa shape index (κ1) is 21.6. The third-order valence-corrected chi connectivity index (χ3v) is 5.54. The molecule has 0 unspecified atom stereocenters. The van der Waals surface area contributed by atoms with Gasteiger partial charge in [-0.15, -0.1) is 0 Å². The van der Waals surface area contributed by atoms with Crippen LogP contribution in [0.2, 0.25) is 0 Å². The predicted octanol–water partition coefficient (Wildman–Crippen LogP) is 1.79. The molecule has 1 aromatic rings. The van der Waals surface area contributed by atoms with Crippen LogP contribution in [0.15, 0.2) is 24.3 Å². The third-order valence-electron chi connectivity index (χ3n) is 5.54. The maximum atomic E-state index is 12.8. The Labute approximate surface area is 163 Å². The van der Waals surface area contributed by atoms with Gasteiger partial charge in [0.1, 0.15) is 13.2 Å². The number of rotatable bonds is 8. The first-order valence-electron chi connectivity index (χ1n) is 9.01. The number of β-lactam (4-membered cyclic amide) rings is 1. The summed E-state index contributed by atoms with van der Waals surface area (Å²) in [6.07, 6.45) is 0.410. The number of hydrogen-bond donors (Lipinski definition) is 2. The maximum absolute atomic E-state index is 12.8. The number of aliphatic carboxylic acids is 1. The van der Waals surface area contributed by atoms with Gasteiger partial charge in [0, 0.05) is 24.1 Å². The largest absolute Gasteiger partial charge is 0.480 e. The minimum atomic E-state index is -1.14. The van der Waals surface area contributed by atoms with Crippen LogP contribution in [-0.4, -0.2) is 53.5 Å². The quantitative estimate of drug-likeness (QED) is 0.655. The zero-order chi connectivity index (χ0) is 21.1. The van der Waals surface area contributed by atoms with Gasteiger partial charge in [-0.05, 0) is 17.7 Å². The Bertz CT molecular complexity index is 782. The molecule has 2 rings (SSSR count). The standard InChI is InChI=1S/C20H26N2O6/c1-19(2,20(3,4)18(27)22-10-9-16(22)24)13-5-7-14(8-6-13)21-15(23)11-28-12-17(25)26/h5-8H,9-12H2,1-4H3,(H,21,23)(H,25,26). The Morgan fingerprint density at radius 1 is 1.11 bits per heavy atom. The number of benzene rings is 1. The van der Waals surface area contributed by atoms with Gasteiger partial charge < -0.3 is 15.2 Å². The van der Waals surface area contributed by atoms with Crippen LogP contribution < -0.4 is 5.32 Å². The summed E-state index contributed by atoms with van der Waals surface area (Å²) in [5.74, 6) is -1.93. The zero-order valence-electron chi connectivity index (χ0n) is 16.6. The smallest absolute Gasteiger partial charge is 0.329 e. The molecule has 3 amide bonds. The van der Waals surface area contributed by atoms with E-state index >= 15 is 0 Å².